The van der Waals surface area contributed by atoms with Crippen LogP contribution in [0.4, 0.5) is 4.39 Å². The van der Waals surface area contributed by atoms with Crippen LogP contribution in [0, 0.1) is 23.6 Å². The van der Waals surface area contributed by atoms with Crippen LogP contribution < -0.4 is 5.73 Å². The van der Waals surface area contributed by atoms with Gasteiger partial charge in [0, 0.05) is 40.8 Å². The van der Waals surface area contributed by atoms with Gasteiger partial charge in [-0.2, -0.15) is 0 Å². The molecule has 9 nitrogen and oxygen atoms in total. The normalized spacial score (nSPS) is 27.7. The van der Waals surface area contributed by atoms with Crippen molar-refractivity contribution in [3.05, 3.63) is 63.4 Å². The number of phenols is 1. The SMILES string of the molecule is C=C1C(C(N)=O)=C(O)[C@@H](N(C)C)[C@@H]2C[C@@H]3Cc4c(F)c(CN(C)[C@H](C)C(C)C)cc(O)c4C(=O)C3=C(O)[C@]12O. The van der Waals surface area contributed by atoms with E-state index >= 15 is 4.39 Å². The fourth-order valence-electron chi connectivity index (χ4n) is 6.56. The maximum absolute atomic E-state index is 15.9. The predicted octanol–water partition coefficient (Wildman–Crippen LogP) is 2.72. The number of rotatable bonds is 6. The number of carbonyl (C=O) groups is 2. The minimum absolute atomic E-state index is 0.0104. The van der Waals surface area contributed by atoms with Gasteiger partial charge in [-0.15, -0.1) is 0 Å². The number of ketones is 1. The Morgan fingerprint density at radius 2 is 1.85 bits per heavy atom. The van der Waals surface area contributed by atoms with Gasteiger partial charge in [-0.3, -0.25) is 19.4 Å². The second-order valence-corrected chi connectivity index (χ2v) is 11.7. The van der Waals surface area contributed by atoms with Gasteiger partial charge in [-0.25, -0.2) is 4.39 Å². The maximum atomic E-state index is 15.9. The molecule has 0 unspecified atom stereocenters. The minimum atomic E-state index is -2.28. The highest BCUT2D eigenvalue weighted by Gasteiger charge is 2.60. The molecule has 0 spiro atoms. The Hall–Kier alpha value is -3.21. The summed E-state index contributed by atoms with van der Waals surface area (Å²) in [5.41, 5.74) is 2.36. The summed E-state index contributed by atoms with van der Waals surface area (Å²) in [5.74, 6) is -5.28. The fraction of sp³-hybridized carbons (Fsp3) is 0.517. The number of halogens is 1. The van der Waals surface area contributed by atoms with E-state index in [1.54, 1.807) is 19.0 Å². The zero-order valence-corrected chi connectivity index (χ0v) is 23.2. The smallest absolute Gasteiger partial charge is 0.252 e. The van der Waals surface area contributed by atoms with Crippen molar-refractivity contribution < 1.29 is 34.4 Å². The summed E-state index contributed by atoms with van der Waals surface area (Å²) in [7, 11) is 5.12. The fourth-order valence-corrected chi connectivity index (χ4v) is 6.56. The van der Waals surface area contributed by atoms with E-state index in [2.05, 4.69) is 20.4 Å². The summed E-state index contributed by atoms with van der Waals surface area (Å²) in [6.07, 6.45) is 0.0528. The summed E-state index contributed by atoms with van der Waals surface area (Å²) in [4.78, 5) is 29.5. The van der Waals surface area contributed by atoms with Gasteiger partial charge in [-0.1, -0.05) is 20.4 Å². The van der Waals surface area contributed by atoms with Gasteiger partial charge >= 0.3 is 0 Å². The maximum Gasteiger partial charge on any atom is 0.252 e. The summed E-state index contributed by atoms with van der Waals surface area (Å²) in [5, 5.41) is 45.2. The number of hydrogen-bond acceptors (Lipinski definition) is 8. The zero-order valence-electron chi connectivity index (χ0n) is 23.2. The van der Waals surface area contributed by atoms with Crippen LogP contribution in [0.1, 0.15) is 48.7 Å². The highest BCUT2D eigenvalue weighted by Crippen LogP contribution is 2.55. The van der Waals surface area contributed by atoms with Crippen LogP contribution in [0.2, 0.25) is 0 Å². The molecule has 212 valence electrons. The molecule has 10 heteroatoms. The van der Waals surface area contributed by atoms with E-state index < -0.39 is 58.1 Å². The molecule has 0 heterocycles. The van der Waals surface area contributed by atoms with Gasteiger partial charge in [0.15, 0.2) is 11.4 Å². The van der Waals surface area contributed by atoms with Crippen LogP contribution in [0.3, 0.4) is 0 Å². The van der Waals surface area contributed by atoms with Crippen molar-refractivity contribution in [2.45, 2.75) is 57.8 Å². The topological polar surface area (TPSA) is 148 Å². The van der Waals surface area contributed by atoms with Crippen molar-refractivity contribution in [3.63, 3.8) is 0 Å². The first kappa shape index (κ1) is 28.8. The molecule has 5 atom stereocenters. The average Bonchev–Trinajstić information content (AvgIpc) is 2.83. The van der Waals surface area contributed by atoms with E-state index in [0.29, 0.717) is 5.92 Å². The van der Waals surface area contributed by atoms with Crippen LogP contribution in [0.5, 0.6) is 5.75 Å². The van der Waals surface area contributed by atoms with Crippen molar-refractivity contribution in [1.82, 2.24) is 9.80 Å². The summed E-state index contributed by atoms with van der Waals surface area (Å²) < 4.78 is 15.9. The molecular weight excluding hydrogens is 505 g/mol. The number of primary amides is 1. The Morgan fingerprint density at radius 3 is 2.38 bits per heavy atom. The van der Waals surface area contributed by atoms with Gasteiger partial charge in [0.25, 0.3) is 5.91 Å². The third kappa shape index (κ3) is 4.16. The lowest BCUT2D eigenvalue weighted by molar-refractivity contribution is -0.115. The van der Waals surface area contributed by atoms with Crippen molar-refractivity contribution in [1.29, 1.82) is 0 Å². The number of aliphatic hydroxyl groups is 3. The first-order valence-corrected chi connectivity index (χ1v) is 13.1. The van der Waals surface area contributed by atoms with Crippen LogP contribution in [-0.4, -0.2) is 80.7 Å². The van der Waals surface area contributed by atoms with Gasteiger partial charge in [0.2, 0.25) is 0 Å². The van der Waals surface area contributed by atoms with Crippen LogP contribution in [-0.2, 0) is 17.8 Å². The molecule has 0 fully saturated rings. The van der Waals surface area contributed by atoms with E-state index in [1.807, 2.05) is 18.9 Å². The molecule has 1 aromatic carbocycles. The molecule has 39 heavy (non-hydrogen) atoms. The summed E-state index contributed by atoms with van der Waals surface area (Å²) in [6, 6.07) is 0.431. The lowest BCUT2D eigenvalue weighted by Crippen LogP contribution is -2.60. The zero-order chi connectivity index (χ0) is 29.3. The number of aliphatic hydroxyl groups excluding tert-OH is 2. The molecule has 0 saturated heterocycles. The number of hydrogen-bond donors (Lipinski definition) is 5. The first-order valence-electron chi connectivity index (χ1n) is 13.1. The van der Waals surface area contributed by atoms with Crippen molar-refractivity contribution in [3.8, 4) is 5.75 Å². The Bertz CT molecular complexity index is 1330. The molecule has 4 rings (SSSR count). The number of likely N-dealkylation sites (N-methyl/N-ethyl adjacent to an activating group) is 1. The van der Waals surface area contributed by atoms with E-state index in [9.17, 15) is 30.0 Å². The summed E-state index contributed by atoms with van der Waals surface area (Å²) in [6.45, 7) is 10.1. The van der Waals surface area contributed by atoms with E-state index in [-0.39, 0.29) is 59.0 Å². The van der Waals surface area contributed by atoms with Crippen LogP contribution >= 0.6 is 0 Å². The highest BCUT2D eigenvalue weighted by molar-refractivity contribution is 6.13. The molecule has 0 aromatic heterocycles. The van der Waals surface area contributed by atoms with Gasteiger partial charge < -0.3 is 26.2 Å². The second-order valence-electron chi connectivity index (χ2n) is 11.7. The molecule has 0 bridgehead atoms. The van der Waals surface area contributed by atoms with Crippen LogP contribution in [0.15, 0.2) is 40.9 Å². The number of Topliss-reactive ketones (excluding diaryl/α,β-unsaturated/α-hetero) is 1. The van der Waals surface area contributed by atoms with Crippen molar-refractivity contribution in [2.75, 3.05) is 21.1 Å². The largest absolute Gasteiger partial charge is 0.510 e. The Morgan fingerprint density at radius 1 is 1.23 bits per heavy atom. The minimum Gasteiger partial charge on any atom is -0.510 e. The quantitative estimate of drug-likeness (QED) is 0.368. The number of aromatic hydroxyl groups is 1. The third-order valence-corrected chi connectivity index (χ3v) is 9.00. The number of benzene rings is 1. The Kier molecular flexibility index (Phi) is 7.21. The molecule has 1 amide bonds. The van der Waals surface area contributed by atoms with E-state index in [0.717, 1.165) is 0 Å². The standard InChI is InChI=1S/C29H38FN3O6/c1-12(2)14(4)33(7)11-16-10-19(34)22-17(23(16)30)8-15-9-18-24(32(5)6)26(36)20(28(31)38)13(3)29(18,39)27(37)21(15)25(22)35/h10,12,14-15,18,24,34,36-37,39H,3,8-9,11H2,1-2,4-7H3,(H2,31,38)/t14-,15+,18+,24+,29+/m1/s1. The Balaban J connectivity index is 1.86. The molecule has 0 saturated carbocycles. The Labute approximate surface area is 227 Å². The highest BCUT2D eigenvalue weighted by atomic mass is 19.1. The predicted molar refractivity (Wildman–Crippen MR) is 144 cm³/mol. The molecular formula is C29H38FN3O6. The number of nitrogens with zero attached hydrogens (tertiary/aromatic N) is 2. The molecule has 0 radical (unpaired) electrons. The number of allylic oxidation sites excluding steroid dienone is 1. The molecule has 0 aliphatic heterocycles. The number of nitrogens with two attached hydrogens (primary N) is 1. The summed E-state index contributed by atoms with van der Waals surface area (Å²) >= 11 is 0. The lowest BCUT2D eigenvalue weighted by atomic mass is 9.57. The lowest BCUT2D eigenvalue weighted by Gasteiger charge is -2.52. The second kappa shape index (κ2) is 9.76. The first-order chi connectivity index (χ1) is 18.0. The van der Waals surface area contributed by atoms with Crippen LogP contribution in [0.25, 0.3) is 0 Å². The number of amides is 1. The molecule has 3 aliphatic rings. The van der Waals surface area contributed by atoms with Gasteiger partial charge in [0.05, 0.1) is 17.2 Å². The van der Waals surface area contributed by atoms with Crippen molar-refractivity contribution >= 4 is 11.7 Å². The van der Waals surface area contributed by atoms with Gasteiger partial charge in [-0.05, 0) is 58.8 Å². The third-order valence-electron chi connectivity index (χ3n) is 9.00. The molecule has 1 aromatic rings. The average molecular weight is 544 g/mol. The molecule has 6 N–H and O–H groups in total. The monoisotopic (exact) mass is 543 g/mol. The van der Waals surface area contributed by atoms with Crippen molar-refractivity contribution in [2.24, 2.45) is 23.5 Å². The number of phenolic OH excluding ortho intramolecular Hbond substituents is 1. The molecule has 3 aliphatic carbocycles. The van der Waals surface area contributed by atoms with E-state index in [1.165, 1.54) is 6.07 Å². The number of fused-ring (bicyclic) bond motifs is 3. The van der Waals surface area contributed by atoms with E-state index in [4.69, 9.17) is 5.73 Å². The van der Waals surface area contributed by atoms with Gasteiger partial charge in [0.1, 0.15) is 23.1 Å². The number of carbonyl (C=O) groups excluding carboxylic acids is 2.